The third-order valence-electron chi connectivity index (χ3n) is 2.68. The van der Waals surface area contributed by atoms with Crippen LogP contribution in [-0.4, -0.2) is 34.0 Å². The van der Waals surface area contributed by atoms with Crippen molar-refractivity contribution in [2.45, 2.75) is 6.54 Å². The molecular weight excluding hydrogens is 281 g/mol. The number of halogens is 1. The molecular formula is C13H14FN3O2S. The van der Waals surface area contributed by atoms with Crippen molar-refractivity contribution in [2.24, 2.45) is 0 Å². The molecule has 106 valence electrons. The number of carbonyl (C=O) groups is 1. The Morgan fingerprint density at radius 3 is 2.65 bits per heavy atom. The molecule has 0 saturated carbocycles. The number of aliphatic hydroxyl groups excluding tert-OH is 1. The summed E-state index contributed by atoms with van der Waals surface area (Å²) in [6.45, 7) is 0.326. The third kappa shape index (κ3) is 3.52. The lowest BCUT2D eigenvalue weighted by Crippen LogP contribution is -2.32. The maximum atomic E-state index is 12.9. The van der Waals surface area contributed by atoms with E-state index in [-0.39, 0.29) is 31.4 Å². The topological polar surface area (TPSA) is 79.5 Å². The first-order chi connectivity index (χ1) is 9.60. The van der Waals surface area contributed by atoms with Crippen LogP contribution in [0, 0.1) is 5.82 Å². The maximum absolute atomic E-state index is 12.9. The molecule has 0 bridgehead atoms. The van der Waals surface area contributed by atoms with Gasteiger partial charge in [0.05, 0.1) is 12.8 Å². The van der Waals surface area contributed by atoms with E-state index in [9.17, 15) is 9.18 Å². The van der Waals surface area contributed by atoms with Gasteiger partial charge in [0.1, 0.15) is 10.7 Å². The Morgan fingerprint density at radius 1 is 1.40 bits per heavy atom. The van der Waals surface area contributed by atoms with Crippen LogP contribution in [0.1, 0.15) is 15.2 Å². The van der Waals surface area contributed by atoms with E-state index in [0.29, 0.717) is 10.0 Å². The Balaban J connectivity index is 2.14. The Labute approximate surface area is 119 Å². The van der Waals surface area contributed by atoms with Gasteiger partial charge < -0.3 is 15.7 Å². The molecule has 0 aliphatic rings. The fraction of sp³-hybridized carbons (Fsp3) is 0.231. The predicted octanol–water partition coefficient (Wildman–Crippen LogP) is 1.50. The monoisotopic (exact) mass is 295 g/mol. The molecule has 5 nitrogen and oxygen atoms in total. The number of nitrogen functional groups attached to an aromatic ring is 1. The van der Waals surface area contributed by atoms with Crippen molar-refractivity contribution in [1.82, 2.24) is 9.88 Å². The summed E-state index contributed by atoms with van der Waals surface area (Å²) in [6.07, 6.45) is 1.41. The van der Waals surface area contributed by atoms with E-state index in [1.807, 2.05) is 0 Å². The molecule has 0 saturated heterocycles. The molecule has 0 fully saturated rings. The van der Waals surface area contributed by atoms with Gasteiger partial charge in [0.2, 0.25) is 0 Å². The highest BCUT2D eigenvalue weighted by molar-refractivity contribution is 7.17. The average Bonchev–Trinajstić information content (AvgIpc) is 2.86. The van der Waals surface area contributed by atoms with Gasteiger partial charge in [-0.1, -0.05) is 23.5 Å². The molecule has 2 aromatic rings. The van der Waals surface area contributed by atoms with Gasteiger partial charge in [-0.3, -0.25) is 4.79 Å². The van der Waals surface area contributed by atoms with Gasteiger partial charge in [-0.25, -0.2) is 9.37 Å². The molecule has 20 heavy (non-hydrogen) atoms. The number of carbonyl (C=O) groups excluding carboxylic acids is 1. The van der Waals surface area contributed by atoms with Crippen molar-refractivity contribution in [3.63, 3.8) is 0 Å². The van der Waals surface area contributed by atoms with Gasteiger partial charge in [-0.2, -0.15) is 0 Å². The number of amides is 1. The molecule has 2 rings (SSSR count). The molecule has 3 N–H and O–H groups in total. The van der Waals surface area contributed by atoms with Crippen molar-refractivity contribution >= 4 is 22.4 Å². The minimum atomic E-state index is -0.330. The first kappa shape index (κ1) is 14.4. The van der Waals surface area contributed by atoms with Crippen LogP contribution >= 0.6 is 11.3 Å². The number of rotatable bonds is 5. The second kappa shape index (κ2) is 6.44. The minimum Gasteiger partial charge on any atom is -0.395 e. The lowest BCUT2D eigenvalue weighted by atomic mass is 10.2. The van der Waals surface area contributed by atoms with Gasteiger partial charge in [-0.05, 0) is 17.7 Å². The first-order valence-electron chi connectivity index (χ1n) is 5.96. The van der Waals surface area contributed by atoms with E-state index in [0.717, 1.165) is 16.9 Å². The zero-order valence-electron chi connectivity index (χ0n) is 10.6. The zero-order chi connectivity index (χ0) is 14.5. The molecule has 1 amide bonds. The highest BCUT2D eigenvalue weighted by Gasteiger charge is 2.18. The van der Waals surface area contributed by atoms with Crippen LogP contribution in [0.3, 0.4) is 0 Å². The Kier molecular flexibility index (Phi) is 4.65. The number of nitrogens with two attached hydrogens (primary N) is 1. The number of aliphatic hydroxyl groups is 1. The van der Waals surface area contributed by atoms with Crippen molar-refractivity contribution in [2.75, 3.05) is 18.9 Å². The molecule has 0 aliphatic heterocycles. The number of aromatic nitrogens is 1. The molecule has 0 atom stereocenters. The summed E-state index contributed by atoms with van der Waals surface area (Å²) in [4.78, 5) is 18.0. The zero-order valence-corrected chi connectivity index (χ0v) is 11.4. The predicted molar refractivity (Wildman–Crippen MR) is 74.8 cm³/mol. The van der Waals surface area contributed by atoms with Crippen LogP contribution in [0.15, 0.2) is 30.5 Å². The molecule has 1 heterocycles. The van der Waals surface area contributed by atoms with Crippen molar-refractivity contribution in [3.8, 4) is 0 Å². The molecule has 1 aromatic carbocycles. The van der Waals surface area contributed by atoms with Crippen molar-refractivity contribution < 1.29 is 14.3 Å². The summed E-state index contributed by atoms with van der Waals surface area (Å²) in [5.41, 5.74) is 6.29. The number of hydrogen-bond acceptors (Lipinski definition) is 5. The minimum absolute atomic E-state index is 0.152. The van der Waals surface area contributed by atoms with Gasteiger partial charge in [0, 0.05) is 13.1 Å². The molecule has 0 aliphatic carbocycles. The molecule has 0 radical (unpaired) electrons. The highest BCUT2D eigenvalue weighted by Crippen LogP contribution is 2.18. The average molecular weight is 295 g/mol. The van der Waals surface area contributed by atoms with Crippen LogP contribution < -0.4 is 5.73 Å². The first-order valence-corrected chi connectivity index (χ1v) is 6.77. The van der Waals surface area contributed by atoms with Crippen molar-refractivity contribution in [1.29, 1.82) is 0 Å². The smallest absolute Gasteiger partial charge is 0.266 e. The summed E-state index contributed by atoms with van der Waals surface area (Å²) < 4.78 is 12.9. The Morgan fingerprint density at radius 2 is 2.10 bits per heavy atom. The fourth-order valence-electron chi connectivity index (χ4n) is 1.73. The van der Waals surface area contributed by atoms with Crippen LogP contribution in [0.2, 0.25) is 0 Å². The van der Waals surface area contributed by atoms with E-state index >= 15 is 0 Å². The lowest BCUT2D eigenvalue weighted by Gasteiger charge is -2.21. The summed E-state index contributed by atoms with van der Waals surface area (Å²) >= 11 is 1.10. The van der Waals surface area contributed by atoms with Crippen LogP contribution in [0.5, 0.6) is 0 Å². The van der Waals surface area contributed by atoms with Crippen LogP contribution in [0.4, 0.5) is 9.52 Å². The van der Waals surface area contributed by atoms with E-state index in [1.54, 1.807) is 12.1 Å². The third-order valence-corrected chi connectivity index (χ3v) is 3.49. The Hall–Kier alpha value is -1.99. The second-order valence-corrected chi connectivity index (χ2v) is 5.20. The van der Waals surface area contributed by atoms with Gasteiger partial charge >= 0.3 is 0 Å². The molecule has 0 spiro atoms. The lowest BCUT2D eigenvalue weighted by molar-refractivity contribution is 0.0712. The molecule has 1 aromatic heterocycles. The maximum Gasteiger partial charge on any atom is 0.266 e. The van der Waals surface area contributed by atoms with Gasteiger partial charge in [0.15, 0.2) is 5.13 Å². The van der Waals surface area contributed by atoms with E-state index in [4.69, 9.17) is 10.8 Å². The number of anilines is 1. The van der Waals surface area contributed by atoms with Gasteiger partial charge in [-0.15, -0.1) is 0 Å². The van der Waals surface area contributed by atoms with Gasteiger partial charge in [0.25, 0.3) is 5.91 Å². The van der Waals surface area contributed by atoms with Crippen LogP contribution in [0.25, 0.3) is 0 Å². The SMILES string of the molecule is Nc1ncc(C(=O)N(CCO)Cc2ccc(F)cc2)s1. The summed E-state index contributed by atoms with van der Waals surface area (Å²) in [5.74, 6) is -0.582. The largest absolute Gasteiger partial charge is 0.395 e. The standard InChI is InChI=1S/C13H14FN3O2S/c14-10-3-1-9(2-4-10)8-17(5-6-18)12(19)11-7-16-13(15)20-11/h1-4,7,18H,5-6,8H2,(H2,15,16). The summed E-state index contributed by atoms with van der Waals surface area (Å²) in [7, 11) is 0. The Bertz CT molecular complexity index is 586. The fourth-order valence-corrected chi connectivity index (χ4v) is 2.38. The molecule has 7 heteroatoms. The normalized spacial score (nSPS) is 10.5. The number of nitrogens with zero attached hydrogens (tertiary/aromatic N) is 2. The van der Waals surface area contributed by atoms with E-state index in [1.165, 1.54) is 23.2 Å². The summed E-state index contributed by atoms with van der Waals surface area (Å²) in [5, 5.41) is 9.39. The van der Waals surface area contributed by atoms with Crippen LogP contribution in [-0.2, 0) is 6.54 Å². The van der Waals surface area contributed by atoms with Crippen molar-refractivity contribution in [3.05, 3.63) is 46.7 Å². The van der Waals surface area contributed by atoms with E-state index in [2.05, 4.69) is 4.98 Å². The number of thiazole rings is 1. The number of benzene rings is 1. The highest BCUT2D eigenvalue weighted by atomic mass is 32.1. The second-order valence-electron chi connectivity index (χ2n) is 4.14. The van der Waals surface area contributed by atoms with E-state index < -0.39 is 0 Å². The summed E-state index contributed by atoms with van der Waals surface area (Å²) in [6, 6.07) is 5.88. The number of hydrogen-bond donors (Lipinski definition) is 2. The molecule has 0 unspecified atom stereocenters. The quantitative estimate of drug-likeness (QED) is 0.876.